The van der Waals surface area contributed by atoms with Gasteiger partial charge in [0.05, 0.1) is 12.2 Å². The van der Waals surface area contributed by atoms with E-state index >= 15 is 0 Å². The van der Waals surface area contributed by atoms with Crippen LogP contribution in [0.4, 0.5) is 11.4 Å². The molecule has 154 valence electrons. The van der Waals surface area contributed by atoms with Crippen molar-refractivity contribution >= 4 is 29.0 Å². The Labute approximate surface area is 176 Å². The summed E-state index contributed by atoms with van der Waals surface area (Å²) in [6, 6.07) is 12.7. The second-order valence-electron chi connectivity index (χ2n) is 7.37. The quantitative estimate of drug-likeness (QED) is 0.533. The molecular formula is C26H35N3. The Morgan fingerprint density at radius 2 is 1.79 bits per heavy atom. The van der Waals surface area contributed by atoms with Crippen LogP contribution in [-0.2, 0) is 6.42 Å². The monoisotopic (exact) mass is 389 g/mol. The van der Waals surface area contributed by atoms with Crippen LogP contribution in [0.15, 0.2) is 53.0 Å². The van der Waals surface area contributed by atoms with Gasteiger partial charge in [0.1, 0.15) is 5.84 Å². The zero-order chi connectivity index (χ0) is 21.2. The Bertz CT molecular complexity index is 889. The fourth-order valence-electron chi connectivity index (χ4n) is 3.19. The molecule has 0 spiro atoms. The number of nitrogens with one attached hydrogen (secondary N) is 1. The molecular weight excluding hydrogens is 354 g/mol. The molecule has 3 rings (SSSR count). The lowest BCUT2D eigenvalue weighted by Gasteiger charge is -2.15. The van der Waals surface area contributed by atoms with E-state index < -0.39 is 0 Å². The fraction of sp³-hybridized carbons (Fsp3) is 0.385. The first-order valence-electron chi connectivity index (χ1n) is 10.8. The van der Waals surface area contributed by atoms with Crippen LogP contribution in [0.2, 0.25) is 0 Å². The minimum absolute atomic E-state index is 0.603. The Hall–Kier alpha value is -2.68. The molecule has 0 radical (unpaired) electrons. The molecule has 0 fully saturated rings. The number of amidine groups is 1. The van der Waals surface area contributed by atoms with Gasteiger partial charge in [-0.1, -0.05) is 70.9 Å². The summed E-state index contributed by atoms with van der Waals surface area (Å²) < 4.78 is 0. The molecule has 0 amide bonds. The van der Waals surface area contributed by atoms with E-state index in [9.17, 15) is 0 Å². The van der Waals surface area contributed by atoms with Crippen molar-refractivity contribution in [2.45, 2.75) is 60.3 Å². The number of hydrogen-bond donors (Lipinski definition) is 1. The number of benzene rings is 2. The molecule has 1 aliphatic rings. The van der Waals surface area contributed by atoms with Gasteiger partial charge in [-0.2, -0.15) is 0 Å². The fourth-order valence-corrected chi connectivity index (χ4v) is 3.19. The first-order valence-corrected chi connectivity index (χ1v) is 10.8. The minimum Gasteiger partial charge on any atom is -0.339 e. The van der Waals surface area contributed by atoms with Crippen LogP contribution in [-0.4, -0.2) is 18.6 Å². The number of anilines is 1. The van der Waals surface area contributed by atoms with Crippen LogP contribution in [0.1, 0.15) is 69.2 Å². The van der Waals surface area contributed by atoms with Gasteiger partial charge in [-0.15, -0.1) is 0 Å². The van der Waals surface area contributed by atoms with E-state index in [-0.39, 0.29) is 0 Å². The second kappa shape index (κ2) is 11.4. The van der Waals surface area contributed by atoms with Gasteiger partial charge in [-0.3, -0.25) is 9.98 Å². The van der Waals surface area contributed by atoms with Crippen LogP contribution < -0.4 is 5.32 Å². The summed E-state index contributed by atoms with van der Waals surface area (Å²) in [5, 5.41) is 3.55. The molecule has 0 aliphatic carbocycles. The summed E-state index contributed by atoms with van der Waals surface area (Å²) >= 11 is 0. The van der Waals surface area contributed by atoms with Crippen molar-refractivity contribution in [3.05, 3.63) is 65.2 Å². The molecule has 0 unspecified atom stereocenters. The maximum atomic E-state index is 4.80. The van der Waals surface area contributed by atoms with Crippen molar-refractivity contribution in [1.82, 2.24) is 0 Å². The summed E-state index contributed by atoms with van der Waals surface area (Å²) in [6.45, 7) is 15.4. The topological polar surface area (TPSA) is 36.8 Å². The van der Waals surface area contributed by atoms with Crippen LogP contribution in [0.5, 0.6) is 0 Å². The third kappa shape index (κ3) is 5.90. The summed E-state index contributed by atoms with van der Waals surface area (Å²) in [6.07, 6.45) is 6.62. The predicted octanol–water partition coefficient (Wildman–Crippen LogP) is 7.36. The lowest BCUT2D eigenvalue weighted by molar-refractivity contribution is 0.886. The van der Waals surface area contributed by atoms with Crippen molar-refractivity contribution in [2.75, 3.05) is 11.9 Å². The van der Waals surface area contributed by atoms with Crippen molar-refractivity contribution < 1.29 is 0 Å². The standard InChI is InChI=1S/C22H25N3.C4H10/c1-5-9-17-10-7-8-11-18(17)22-24-14-16(4)19-12-15(3)20(23-6-2)13-21(19)25-22;1-3-4-2/h6-8,10-13H,4-5,9,14H2,1-3H3,(H,24,25);3-4H2,1-2H3. The molecule has 2 aromatic carbocycles. The van der Waals surface area contributed by atoms with E-state index in [0.717, 1.165) is 46.8 Å². The number of hydrogen-bond acceptors (Lipinski definition) is 3. The van der Waals surface area contributed by atoms with Gasteiger partial charge in [-0.25, -0.2) is 0 Å². The predicted molar refractivity (Wildman–Crippen MR) is 130 cm³/mol. The Kier molecular flexibility index (Phi) is 8.85. The molecule has 0 saturated heterocycles. The molecule has 1 aliphatic heterocycles. The van der Waals surface area contributed by atoms with Gasteiger partial charge in [-0.05, 0) is 49.1 Å². The molecule has 3 heteroatoms. The normalized spacial score (nSPS) is 13.1. The second-order valence-corrected chi connectivity index (χ2v) is 7.37. The first kappa shape index (κ1) is 22.6. The van der Waals surface area contributed by atoms with E-state index in [2.05, 4.69) is 81.0 Å². The molecule has 2 aromatic rings. The van der Waals surface area contributed by atoms with Crippen LogP contribution in [0, 0.1) is 6.92 Å². The number of aryl methyl sites for hydroxylation is 2. The highest BCUT2D eigenvalue weighted by atomic mass is 15.0. The number of nitrogens with zero attached hydrogens (tertiary/aromatic N) is 2. The van der Waals surface area contributed by atoms with Gasteiger partial charge in [0, 0.05) is 23.0 Å². The van der Waals surface area contributed by atoms with Crippen LogP contribution in [0.25, 0.3) is 5.57 Å². The van der Waals surface area contributed by atoms with Gasteiger partial charge in [0.2, 0.25) is 0 Å². The highest BCUT2D eigenvalue weighted by molar-refractivity contribution is 6.11. The maximum absolute atomic E-state index is 4.80. The third-order valence-electron chi connectivity index (χ3n) is 4.96. The van der Waals surface area contributed by atoms with Crippen LogP contribution >= 0.6 is 0 Å². The number of aliphatic imine (C=N–C) groups is 2. The van der Waals surface area contributed by atoms with Crippen molar-refractivity contribution in [3.8, 4) is 0 Å². The molecule has 29 heavy (non-hydrogen) atoms. The average molecular weight is 390 g/mol. The number of unbranched alkanes of at least 4 members (excludes halogenated alkanes) is 1. The summed E-state index contributed by atoms with van der Waals surface area (Å²) in [7, 11) is 0. The molecule has 0 aromatic heterocycles. The van der Waals surface area contributed by atoms with Gasteiger partial charge < -0.3 is 5.32 Å². The maximum Gasteiger partial charge on any atom is 0.133 e. The summed E-state index contributed by atoms with van der Waals surface area (Å²) in [4.78, 5) is 9.29. The number of rotatable bonds is 5. The lowest BCUT2D eigenvalue weighted by atomic mass is 10.0. The zero-order valence-electron chi connectivity index (χ0n) is 18.7. The minimum atomic E-state index is 0.603. The van der Waals surface area contributed by atoms with Gasteiger partial charge in [0.25, 0.3) is 0 Å². The van der Waals surface area contributed by atoms with Crippen molar-refractivity contribution in [3.63, 3.8) is 0 Å². The van der Waals surface area contributed by atoms with Crippen LogP contribution in [0.3, 0.4) is 0 Å². The Balaban J connectivity index is 0.000000687. The Morgan fingerprint density at radius 1 is 1.07 bits per heavy atom. The number of fused-ring (bicyclic) bond motifs is 1. The molecule has 0 bridgehead atoms. The molecule has 1 N–H and O–H groups in total. The lowest BCUT2D eigenvalue weighted by Crippen LogP contribution is -2.15. The van der Waals surface area contributed by atoms with E-state index in [1.165, 1.54) is 24.0 Å². The van der Waals surface area contributed by atoms with E-state index in [1.807, 2.05) is 13.1 Å². The Morgan fingerprint density at radius 3 is 2.45 bits per heavy atom. The highest BCUT2D eigenvalue weighted by Gasteiger charge is 2.17. The molecule has 3 nitrogen and oxygen atoms in total. The van der Waals surface area contributed by atoms with E-state index in [4.69, 9.17) is 4.99 Å². The third-order valence-corrected chi connectivity index (χ3v) is 4.96. The van der Waals surface area contributed by atoms with Gasteiger partial charge in [0.15, 0.2) is 0 Å². The summed E-state index contributed by atoms with van der Waals surface area (Å²) in [5.74, 6) is 0.916. The van der Waals surface area contributed by atoms with E-state index in [0.29, 0.717) is 6.54 Å². The SMILES string of the molecule is C=C1CN=C(c2ccccc2CCC)Nc2cc(N=CC)c(C)cc21.CCCC. The summed E-state index contributed by atoms with van der Waals surface area (Å²) in [5.41, 5.74) is 7.80. The molecule has 0 atom stereocenters. The largest absolute Gasteiger partial charge is 0.339 e. The highest BCUT2D eigenvalue weighted by Crippen LogP contribution is 2.33. The zero-order valence-corrected chi connectivity index (χ0v) is 18.7. The van der Waals surface area contributed by atoms with Crippen molar-refractivity contribution in [1.29, 1.82) is 0 Å². The van der Waals surface area contributed by atoms with Gasteiger partial charge >= 0.3 is 0 Å². The average Bonchev–Trinajstić information content (AvgIpc) is 2.88. The first-order chi connectivity index (χ1) is 14.0. The van der Waals surface area contributed by atoms with Crippen molar-refractivity contribution in [2.24, 2.45) is 9.98 Å². The smallest absolute Gasteiger partial charge is 0.133 e. The molecule has 1 heterocycles. The van der Waals surface area contributed by atoms with E-state index in [1.54, 1.807) is 0 Å². The molecule has 0 saturated carbocycles.